The van der Waals surface area contributed by atoms with Crippen LogP contribution < -0.4 is 11.1 Å². The van der Waals surface area contributed by atoms with Gasteiger partial charge in [0.25, 0.3) is 0 Å². The number of benzene rings is 1. The summed E-state index contributed by atoms with van der Waals surface area (Å²) in [6.07, 6.45) is -0.806. The SMILES string of the molecule is Nc1ccc(F)cc1CC[C@H]1CC[C@H](NC(=O)C(F)(F)F)CC1. The van der Waals surface area contributed by atoms with Gasteiger partial charge in [0.1, 0.15) is 5.82 Å². The number of hydrogen-bond acceptors (Lipinski definition) is 2. The molecule has 3 N–H and O–H groups in total. The fraction of sp³-hybridized carbons (Fsp3) is 0.562. The Morgan fingerprint density at radius 3 is 2.48 bits per heavy atom. The number of carbonyl (C=O) groups is 1. The molecule has 0 unspecified atom stereocenters. The second kappa shape index (κ2) is 7.19. The first-order chi connectivity index (χ1) is 10.8. The Labute approximate surface area is 132 Å². The zero-order valence-corrected chi connectivity index (χ0v) is 12.6. The van der Waals surface area contributed by atoms with Crippen molar-refractivity contribution in [1.29, 1.82) is 0 Å². The quantitative estimate of drug-likeness (QED) is 0.654. The molecule has 0 bridgehead atoms. The zero-order chi connectivity index (χ0) is 17.0. The molecule has 7 heteroatoms. The second-order valence-corrected chi connectivity index (χ2v) is 6.07. The van der Waals surface area contributed by atoms with Crippen LogP contribution in [0.3, 0.4) is 0 Å². The number of carbonyl (C=O) groups excluding carboxylic acids is 1. The Balaban J connectivity index is 1.77. The van der Waals surface area contributed by atoms with Crippen LogP contribution in [0.2, 0.25) is 0 Å². The molecule has 3 nitrogen and oxygen atoms in total. The largest absolute Gasteiger partial charge is 0.471 e. The van der Waals surface area contributed by atoms with Crippen molar-refractivity contribution in [3.05, 3.63) is 29.6 Å². The molecule has 0 saturated heterocycles. The molecule has 1 aromatic rings. The number of amides is 1. The van der Waals surface area contributed by atoms with Gasteiger partial charge in [0.05, 0.1) is 0 Å². The normalized spacial score (nSPS) is 21.9. The van der Waals surface area contributed by atoms with Crippen LogP contribution in [-0.4, -0.2) is 18.1 Å². The molecule has 2 rings (SSSR count). The van der Waals surface area contributed by atoms with Crippen LogP contribution in [-0.2, 0) is 11.2 Å². The molecule has 128 valence electrons. The number of hydrogen-bond donors (Lipinski definition) is 2. The predicted molar refractivity (Wildman–Crippen MR) is 79.1 cm³/mol. The summed E-state index contributed by atoms with van der Waals surface area (Å²) in [5, 5.41) is 2.04. The number of rotatable bonds is 4. The standard InChI is InChI=1S/C16H20F4N2O/c17-12-5-8-14(21)11(9-12)4-1-10-2-6-13(7-3-10)22-15(23)16(18,19)20/h5,8-10,13H,1-4,6-7,21H2,(H,22,23)/t10-,13-. The molecule has 0 spiro atoms. The molecule has 0 atom stereocenters. The molecule has 1 aliphatic rings. The van der Waals surface area contributed by atoms with E-state index in [1.54, 1.807) is 0 Å². The lowest BCUT2D eigenvalue weighted by molar-refractivity contribution is -0.174. The maximum atomic E-state index is 13.2. The fourth-order valence-corrected chi connectivity index (χ4v) is 3.01. The number of nitrogen functional groups attached to an aromatic ring is 1. The maximum absolute atomic E-state index is 13.2. The van der Waals surface area contributed by atoms with Crippen molar-refractivity contribution in [2.24, 2.45) is 5.92 Å². The summed E-state index contributed by atoms with van der Waals surface area (Å²) in [6.45, 7) is 0. The number of anilines is 1. The number of aryl methyl sites for hydroxylation is 1. The first kappa shape index (κ1) is 17.6. The molecule has 23 heavy (non-hydrogen) atoms. The number of nitrogens with one attached hydrogen (secondary N) is 1. The fourth-order valence-electron chi connectivity index (χ4n) is 3.01. The second-order valence-electron chi connectivity index (χ2n) is 6.07. The Bertz CT molecular complexity index is 552. The van der Waals surface area contributed by atoms with Crippen molar-refractivity contribution in [3.63, 3.8) is 0 Å². The highest BCUT2D eigenvalue weighted by atomic mass is 19.4. The Kier molecular flexibility index (Phi) is 5.49. The van der Waals surface area contributed by atoms with Gasteiger partial charge in [-0.1, -0.05) is 0 Å². The predicted octanol–water partition coefficient (Wildman–Crippen LogP) is 3.58. The van der Waals surface area contributed by atoms with E-state index in [0.29, 0.717) is 30.9 Å². The summed E-state index contributed by atoms with van der Waals surface area (Å²) < 4.78 is 49.8. The third-order valence-electron chi connectivity index (χ3n) is 4.37. The summed E-state index contributed by atoms with van der Waals surface area (Å²) in [6, 6.07) is 3.85. The minimum Gasteiger partial charge on any atom is -0.399 e. The van der Waals surface area contributed by atoms with Crippen LogP contribution in [0.5, 0.6) is 0 Å². The molecule has 0 heterocycles. The molecular formula is C16H20F4N2O. The van der Waals surface area contributed by atoms with E-state index in [9.17, 15) is 22.4 Å². The van der Waals surface area contributed by atoms with E-state index in [-0.39, 0.29) is 5.82 Å². The van der Waals surface area contributed by atoms with Gasteiger partial charge in [-0.25, -0.2) is 4.39 Å². The van der Waals surface area contributed by atoms with Crippen molar-refractivity contribution in [3.8, 4) is 0 Å². The van der Waals surface area contributed by atoms with E-state index in [0.717, 1.165) is 24.8 Å². The van der Waals surface area contributed by atoms with Gasteiger partial charge in [-0.2, -0.15) is 13.2 Å². The van der Waals surface area contributed by atoms with Crippen molar-refractivity contribution >= 4 is 11.6 Å². The van der Waals surface area contributed by atoms with Crippen LogP contribution >= 0.6 is 0 Å². The van der Waals surface area contributed by atoms with Crippen LogP contribution in [0.15, 0.2) is 18.2 Å². The highest BCUT2D eigenvalue weighted by Gasteiger charge is 2.40. The van der Waals surface area contributed by atoms with Gasteiger partial charge in [0.2, 0.25) is 0 Å². The lowest BCUT2D eigenvalue weighted by Gasteiger charge is -2.29. The number of halogens is 4. The topological polar surface area (TPSA) is 55.1 Å². The van der Waals surface area contributed by atoms with Crippen molar-refractivity contribution in [1.82, 2.24) is 5.32 Å². The van der Waals surface area contributed by atoms with Gasteiger partial charge in [0, 0.05) is 11.7 Å². The van der Waals surface area contributed by atoms with Crippen LogP contribution in [0.1, 0.15) is 37.7 Å². The summed E-state index contributed by atoms with van der Waals surface area (Å²) in [5.41, 5.74) is 7.12. The molecule has 0 aliphatic heterocycles. The number of nitrogens with two attached hydrogens (primary N) is 1. The monoisotopic (exact) mass is 332 g/mol. The van der Waals surface area contributed by atoms with Gasteiger partial charge in [-0.05, 0) is 68.2 Å². The van der Waals surface area contributed by atoms with E-state index in [1.165, 1.54) is 18.2 Å². The molecule has 0 radical (unpaired) electrons. The smallest absolute Gasteiger partial charge is 0.399 e. The molecular weight excluding hydrogens is 312 g/mol. The molecule has 1 saturated carbocycles. The van der Waals surface area contributed by atoms with Crippen molar-refractivity contribution in [2.45, 2.75) is 50.7 Å². The average molecular weight is 332 g/mol. The van der Waals surface area contributed by atoms with Crippen molar-refractivity contribution < 1.29 is 22.4 Å². The minimum atomic E-state index is -4.83. The lowest BCUT2D eigenvalue weighted by Crippen LogP contribution is -2.44. The summed E-state index contributed by atoms with van der Waals surface area (Å²) in [4.78, 5) is 10.9. The van der Waals surface area contributed by atoms with Gasteiger partial charge < -0.3 is 11.1 Å². The molecule has 1 fully saturated rings. The third-order valence-corrected chi connectivity index (χ3v) is 4.37. The average Bonchev–Trinajstić information content (AvgIpc) is 2.48. The van der Waals surface area contributed by atoms with Crippen LogP contribution in [0.25, 0.3) is 0 Å². The molecule has 1 amide bonds. The first-order valence-electron chi connectivity index (χ1n) is 7.67. The van der Waals surface area contributed by atoms with Gasteiger partial charge in [-0.15, -0.1) is 0 Å². The van der Waals surface area contributed by atoms with Gasteiger partial charge in [-0.3, -0.25) is 4.79 Å². The van der Waals surface area contributed by atoms with E-state index in [4.69, 9.17) is 5.73 Å². The molecule has 1 aromatic carbocycles. The Morgan fingerprint density at radius 1 is 1.22 bits per heavy atom. The Morgan fingerprint density at radius 2 is 1.87 bits per heavy atom. The minimum absolute atomic E-state index is 0.326. The van der Waals surface area contributed by atoms with E-state index in [1.807, 2.05) is 5.32 Å². The number of alkyl halides is 3. The summed E-state index contributed by atoms with van der Waals surface area (Å²) in [7, 11) is 0. The third kappa shape index (κ3) is 5.11. The zero-order valence-electron chi connectivity index (χ0n) is 12.6. The van der Waals surface area contributed by atoms with Crippen LogP contribution in [0, 0.1) is 11.7 Å². The van der Waals surface area contributed by atoms with E-state index in [2.05, 4.69) is 0 Å². The molecule has 1 aliphatic carbocycles. The Hall–Kier alpha value is -1.79. The van der Waals surface area contributed by atoms with E-state index >= 15 is 0 Å². The maximum Gasteiger partial charge on any atom is 0.471 e. The van der Waals surface area contributed by atoms with Gasteiger partial charge >= 0.3 is 12.1 Å². The molecule has 0 aromatic heterocycles. The highest BCUT2D eigenvalue weighted by molar-refractivity contribution is 5.81. The van der Waals surface area contributed by atoms with Crippen LogP contribution in [0.4, 0.5) is 23.2 Å². The van der Waals surface area contributed by atoms with E-state index < -0.39 is 18.1 Å². The summed E-state index contributed by atoms with van der Waals surface area (Å²) >= 11 is 0. The highest BCUT2D eigenvalue weighted by Crippen LogP contribution is 2.29. The summed E-state index contributed by atoms with van der Waals surface area (Å²) in [5.74, 6) is -1.84. The lowest BCUT2D eigenvalue weighted by atomic mass is 9.82. The first-order valence-corrected chi connectivity index (χ1v) is 7.67. The van der Waals surface area contributed by atoms with Crippen molar-refractivity contribution in [2.75, 3.05) is 5.73 Å². The van der Waals surface area contributed by atoms with Gasteiger partial charge in [0.15, 0.2) is 0 Å².